The molecule has 2 atom stereocenters. The number of methoxy groups -OCH3 is 1. The second kappa shape index (κ2) is 5.61. The number of β-amino-alcohol motifs (C(OH)–C–C–N with tert-alkyl or cyclic N) is 1. The van der Waals surface area contributed by atoms with Crippen LogP contribution in [0.1, 0.15) is 32.3 Å². The van der Waals surface area contributed by atoms with Gasteiger partial charge in [-0.15, -0.1) is 0 Å². The van der Waals surface area contributed by atoms with Gasteiger partial charge in [0.25, 0.3) is 0 Å². The van der Waals surface area contributed by atoms with E-state index < -0.39 is 5.60 Å². The first kappa shape index (κ1) is 14.5. The quantitative estimate of drug-likeness (QED) is 0.905. The second-order valence-corrected chi connectivity index (χ2v) is 6.11. The number of nitrogens with zero attached hydrogens (tertiary/aromatic N) is 1. The van der Waals surface area contributed by atoms with Crippen LogP contribution in [0.3, 0.4) is 0 Å². The first-order valence-corrected chi connectivity index (χ1v) is 7.01. The summed E-state index contributed by atoms with van der Waals surface area (Å²) in [4.78, 5) is 2.31. The van der Waals surface area contributed by atoms with Crippen LogP contribution >= 0.6 is 0 Å². The third-order valence-electron chi connectivity index (χ3n) is 4.16. The van der Waals surface area contributed by atoms with Gasteiger partial charge in [0.15, 0.2) is 0 Å². The van der Waals surface area contributed by atoms with Crippen LogP contribution in [0, 0.1) is 0 Å². The summed E-state index contributed by atoms with van der Waals surface area (Å²) in [6.45, 7) is 6.60. The molecule has 0 bridgehead atoms. The van der Waals surface area contributed by atoms with Gasteiger partial charge in [0.1, 0.15) is 0 Å². The molecule has 1 aromatic carbocycles. The van der Waals surface area contributed by atoms with Crippen LogP contribution in [0.2, 0.25) is 0 Å². The fraction of sp³-hybridized carbons (Fsp3) is 0.625. The Labute approximate surface area is 116 Å². The van der Waals surface area contributed by atoms with E-state index in [4.69, 9.17) is 4.74 Å². The highest BCUT2D eigenvalue weighted by Crippen LogP contribution is 2.28. The number of rotatable bonds is 4. The number of likely N-dealkylation sites (tertiary alicyclic amines) is 1. The highest BCUT2D eigenvalue weighted by Gasteiger charge is 2.34. The molecule has 0 aromatic heterocycles. The van der Waals surface area contributed by atoms with Crippen LogP contribution < -0.4 is 0 Å². The Bertz CT molecular complexity index is 404. The fourth-order valence-corrected chi connectivity index (χ4v) is 2.93. The molecule has 0 radical (unpaired) electrons. The van der Waals surface area contributed by atoms with Crippen molar-refractivity contribution in [3.63, 3.8) is 0 Å². The third-order valence-corrected chi connectivity index (χ3v) is 4.16. The zero-order chi connectivity index (χ0) is 13.9. The monoisotopic (exact) mass is 263 g/mol. The van der Waals surface area contributed by atoms with Crippen molar-refractivity contribution < 1.29 is 9.84 Å². The van der Waals surface area contributed by atoms with E-state index in [0.717, 1.165) is 31.5 Å². The van der Waals surface area contributed by atoms with Crippen molar-refractivity contribution in [1.82, 2.24) is 4.90 Å². The van der Waals surface area contributed by atoms with Crippen LogP contribution in [0.25, 0.3) is 0 Å². The molecular formula is C16H25NO2. The predicted molar refractivity (Wildman–Crippen MR) is 77.1 cm³/mol. The maximum Gasteiger partial charge on any atom is 0.0994 e. The number of ether oxygens (including phenoxy) is 1. The summed E-state index contributed by atoms with van der Waals surface area (Å²) in [6, 6.07) is 9.89. The third kappa shape index (κ3) is 3.56. The van der Waals surface area contributed by atoms with Crippen molar-refractivity contribution in [2.24, 2.45) is 0 Å². The molecule has 0 aliphatic carbocycles. The van der Waals surface area contributed by atoms with E-state index >= 15 is 0 Å². The van der Waals surface area contributed by atoms with Crippen molar-refractivity contribution in [3.8, 4) is 0 Å². The van der Waals surface area contributed by atoms with Gasteiger partial charge in [-0.05, 0) is 38.8 Å². The van der Waals surface area contributed by atoms with Gasteiger partial charge >= 0.3 is 0 Å². The summed E-state index contributed by atoms with van der Waals surface area (Å²) >= 11 is 0. The van der Waals surface area contributed by atoms with Crippen LogP contribution in [0.4, 0.5) is 0 Å². The Kier molecular flexibility index (Phi) is 4.29. The molecule has 1 aromatic rings. The molecule has 2 rings (SSSR count). The van der Waals surface area contributed by atoms with Crippen molar-refractivity contribution >= 4 is 0 Å². The minimum atomic E-state index is -0.812. The van der Waals surface area contributed by atoms with Gasteiger partial charge in [-0.25, -0.2) is 0 Å². The Balaban J connectivity index is 2.04. The van der Waals surface area contributed by atoms with Crippen LogP contribution in [0.5, 0.6) is 0 Å². The molecule has 2 unspecified atom stereocenters. The van der Waals surface area contributed by atoms with E-state index in [0.29, 0.717) is 6.54 Å². The lowest BCUT2D eigenvalue weighted by molar-refractivity contribution is -0.0726. The lowest BCUT2D eigenvalue weighted by atomic mass is 9.91. The van der Waals surface area contributed by atoms with Gasteiger partial charge in [0, 0.05) is 20.2 Å². The number of piperidine rings is 1. The summed E-state index contributed by atoms with van der Waals surface area (Å²) in [5.41, 5.74) is 0.0813. The Morgan fingerprint density at radius 3 is 2.68 bits per heavy atom. The number of aliphatic hydroxyl groups is 1. The molecule has 0 spiro atoms. The number of hydrogen-bond acceptors (Lipinski definition) is 3. The molecule has 3 heteroatoms. The van der Waals surface area contributed by atoms with Gasteiger partial charge in [0.2, 0.25) is 0 Å². The summed E-state index contributed by atoms with van der Waals surface area (Å²) in [6.07, 6.45) is 2.21. The summed E-state index contributed by atoms with van der Waals surface area (Å²) in [5, 5.41) is 10.7. The highest BCUT2D eigenvalue weighted by atomic mass is 16.5. The first-order valence-electron chi connectivity index (χ1n) is 7.01. The normalized spacial score (nSPS) is 28.0. The molecule has 106 valence electrons. The lowest BCUT2D eigenvalue weighted by Gasteiger charge is -2.42. The Morgan fingerprint density at radius 2 is 2.05 bits per heavy atom. The topological polar surface area (TPSA) is 32.7 Å². The van der Waals surface area contributed by atoms with Crippen molar-refractivity contribution in [2.45, 2.75) is 37.9 Å². The standard InChI is InChI=1S/C16H25NO2/c1-15(19-3)10-7-11-17(12-15)13-16(2,18)14-8-5-4-6-9-14/h4-6,8-9,18H,7,10-13H2,1-3H3. The molecule has 0 amide bonds. The largest absolute Gasteiger partial charge is 0.384 e. The maximum atomic E-state index is 10.7. The van der Waals surface area contributed by atoms with E-state index in [-0.39, 0.29) is 5.60 Å². The smallest absolute Gasteiger partial charge is 0.0994 e. The van der Waals surface area contributed by atoms with Gasteiger partial charge in [0.05, 0.1) is 11.2 Å². The molecule has 1 heterocycles. The van der Waals surface area contributed by atoms with Gasteiger partial charge < -0.3 is 9.84 Å². The molecule has 1 fully saturated rings. The Hall–Kier alpha value is -0.900. The summed E-state index contributed by atoms with van der Waals surface area (Å²) in [7, 11) is 1.78. The van der Waals surface area contributed by atoms with Gasteiger partial charge in [-0.3, -0.25) is 4.90 Å². The molecule has 0 saturated carbocycles. The average Bonchev–Trinajstić information content (AvgIpc) is 2.39. The summed E-state index contributed by atoms with van der Waals surface area (Å²) < 4.78 is 5.61. The molecule has 1 aliphatic rings. The molecule has 1 N–H and O–H groups in total. The molecular weight excluding hydrogens is 238 g/mol. The lowest BCUT2D eigenvalue weighted by Crippen LogP contribution is -2.51. The minimum Gasteiger partial charge on any atom is -0.384 e. The van der Waals surface area contributed by atoms with Crippen LogP contribution in [-0.4, -0.2) is 42.4 Å². The number of benzene rings is 1. The maximum absolute atomic E-state index is 10.7. The SMILES string of the molecule is COC1(C)CCCN(CC(C)(O)c2ccccc2)C1. The van der Waals surface area contributed by atoms with E-state index in [1.807, 2.05) is 37.3 Å². The summed E-state index contributed by atoms with van der Waals surface area (Å²) in [5.74, 6) is 0. The molecule has 19 heavy (non-hydrogen) atoms. The fourth-order valence-electron chi connectivity index (χ4n) is 2.93. The van der Waals surface area contributed by atoms with Crippen LogP contribution in [-0.2, 0) is 10.3 Å². The molecule has 1 aliphatic heterocycles. The zero-order valence-electron chi connectivity index (χ0n) is 12.2. The predicted octanol–water partition coefficient (Wildman–Crippen LogP) is 2.40. The molecule has 3 nitrogen and oxygen atoms in total. The van der Waals surface area contributed by atoms with Gasteiger partial charge in [-0.1, -0.05) is 30.3 Å². The van der Waals surface area contributed by atoms with Crippen LogP contribution in [0.15, 0.2) is 30.3 Å². The van der Waals surface area contributed by atoms with Crippen molar-refractivity contribution in [2.75, 3.05) is 26.7 Å². The number of hydrogen-bond donors (Lipinski definition) is 1. The average molecular weight is 263 g/mol. The first-order chi connectivity index (χ1) is 8.95. The van der Waals surface area contributed by atoms with E-state index in [2.05, 4.69) is 11.8 Å². The zero-order valence-corrected chi connectivity index (χ0v) is 12.2. The van der Waals surface area contributed by atoms with Crippen molar-refractivity contribution in [3.05, 3.63) is 35.9 Å². The van der Waals surface area contributed by atoms with E-state index in [9.17, 15) is 5.11 Å². The Morgan fingerprint density at radius 1 is 1.37 bits per heavy atom. The second-order valence-electron chi connectivity index (χ2n) is 6.11. The molecule has 1 saturated heterocycles. The van der Waals surface area contributed by atoms with Gasteiger partial charge in [-0.2, -0.15) is 0 Å². The van der Waals surface area contributed by atoms with E-state index in [1.54, 1.807) is 7.11 Å². The highest BCUT2D eigenvalue weighted by molar-refractivity contribution is 5.21. The minimum absolute atomic E-state index is 0.0784. The van der Waals surface area contributed by atoms with Crippen molar-refractivity contribution in [1.29, 1.82) is 0 Å². The van der Waals surface area contributed by atoms with E-state index in [1.165, 1.54) is 0 Å².